The van der Waals surface area contributed by atoms with Gasteiger partial charge in [0, 0.05) is 44.0 Å². The van der Waals surface area contributed by atoms with E-state index >= 15 is 0 Å². The molecule has 1 aliphatic heterocycles. The van der Waals surface area contributed by atoms with Gasteiger partial charge in [0.15, 0.2) is 0 Å². The van der Waals surface area contributed by atoms with Crippen molar-refractivity contribution in [2.75, 3.05) is 26.7 Å². The predicted octanol–water partition coefficient (Wildman–Crippen LogP) is 0.316. The van der Waals surface area contributed by atoms with Crippen molar-refractivity contribution in [2.24, 2.45) is 5.73 Å². The summed E-state index contributed by atoms with van der Waals surface area (Å²) in [5.41, 5.74) is 6.98. The Morgan fingerprint density at radius 1 is 1.56 bits per heavy atom. The van der Waals surface area contributed by atoms with Gasteiger partial charge in [0.1, 0.15) is 0 Å². The first-order chi connectivity index (χ1) is 8.61. The van der Waals surface area contributed by atoms with E-state index in [1.165, 1.54) is 0 Å². The van der Waals surface area contributed by atoms with Gasteiger partial charge < -0.3 is 15.5 Å². The van der Waals surface area contributed by atoms with Crippen molar-refractivity contribution >= 4 is 5.91 Å². The SMILES string of the molecule is CC1CN(C)CCN1C(=O)c1ccnc(CN)c1. The van der Waals surface area contributed by atoms with E-state index < -0.39 is 0 Å². The smallest absolute Gasteiger partial charge is 0.254 e. The Kier molecular flexibility index (Phi) is 3.93. The van der Waals surface area contributed by atoms with Crippen LogP contribution in [0.25, 0.3) is 0 Å². The molecule has 0 spiro atoms. The lowest BCUT2D eigenvalue weighted by atomic mass is 10.1. The molecule has 98 valence electrons. The summed E-state index contributed by atoms with van der Waals surface area (Å²) in [7, 11) is 2.08. The maximum absolute atomic E-state index is 12.4. The summed E-state index contributed by atoms with van der Waals surface area (Å²) in [5, 5.41) is 0. The second-order valence-electron chi connectivity index (χ2n) is 4.85. The van der Waals surface area contributed by atoms with Gasteiger partial charge in [0.05, 0.1) is 5.69 Å². The fourth-order valence-corrected chi connectivity index (χ4v) is 2.33. The van der Waals surface area contributed by atoms with Gasteiger partial charge in [0.2, 0.25) is 0 Å². The molecular weight excluding hydrogens is 228 g/mol. The van der Waals surface area contributed by atoms with Crippen LogP contribution in [0.1, 0.15) is 23.0 Å². The van der Waals surface area contributed by atoms with E-state index in [1.54, 1.807) is 18.3 Å². The number of piperazine rings is 1. The van der Waals surface area contributed by atoms with Crippen molar-refractivity contribution in [1.82, 2.24) is 14.8 Å². The molecule has 5 heteroatoms. The molecular formula is C13H20N4O. The number of pyridine rings is 1. The lowest BCUT2D eigenvalue weighted by Crippen LogP contribution is -2.52. The fraction of sp³-hybridized carbons (Fsp3) is 0.538. The van der Waals surface area contributed by atoms with Crippen LogP contribution in [0.15, 0.2) is 18.3 Å². The number of carbonyl (C=O) groups excluding carboxylic acids is 1. The number of rotatable bonds is 2. The van der Waals surface area contributed by atoms with E-state index in [0.29, 0.717) is 12.1 Å². The number of hydrogen-bond donors (Lipinski definition) is 1. The first-order valence-corrected chi connectivity index (χ1v) is 6.26. The number of nitrogens with two attached hydrogens (primary N) is 1. The summed E-state index contributed by atoms with van der Waals surface area (Å²) in [5.74, 6) is 0.0766. The van der Waals surface area contributed by atoms with Gasteiger partial charge in [-0.05, 0) is 26.1 Å². The monoisotopic (exact) mass is 248 g/mol. The summed E-state index contributed by atoms with van der Waals surface area (Å²) >= 11 is 0. The Hall–Kier alpha value is -1.46. The number of nitrogens with zero attached hydrogens (tertiary/aromatic N) is 3. The van der Waals surface area contributed by atoms with E-state index in [-0.39, 0.29) is 11.9 Å². The first kappa shape index (κ1) is 13.0. The fourth-order valence-electron chi connectivity index (χ4n) is 2.33. The molecule has 18 heavy (non-hydrogen) atoms. The molecule has 1 unspecified atom stereocenters. The average molecular weight is 248 g/mol. The molecule has 1 aliphatic rings. The Balaban J connectivity index is 2.15. The van der Waals surface area contributed by atoms with E-state index in [2.05, 4.69) is 23.9 Å². The van der Waals surface area contributed by atoms with Crippen LogP contribution in [0.2, 0.25) is 0 Å². The van der Waals surface area contributed by atoms with Gasteiger partial charge >= 0.3 is 0 Å². The van der Waals surface area contributed by atoms with Crippen LogP contribution in [0.3, 0.4) is 0 Å². The number of hydrogen-bond acceptors (Lipinski definition) is 4. The van der Waals surface area contributed by atoms with Crippen molar-refractivity contribution < 1.29 is 4.79 Å². The minimum atomic E-state index is 0.0766. The zero-order valence-electron chi connectivity index (χ0n) is 11.0. The highest BCUT2D eigenvalue weighted by Gasteiger charge is 2.26. The summed E-state index contributed by atoms with van der Waals surface area (Å²) < 4.78 is 0. The molecule has 2 N–H and O–H groups in total. The molecule has 0 aliphatic carbocycles. The topological polar surface area (TPSA) is 62.5 Å². The third-order valence-electron chi connectivity index (χ3n) is 3.36. The summed E-state index contributed by atoms with van der Waals surface area (Å²) in [6.45, 7) is 5.06. The van der Waals surface area contributed by atoms with E-state index in [1.807, 2.05) is 4.90 Å². The maximum Gasteiger partial charge on any atom is 0.254 e. The summed E-state index contributed by atoms with van der Waals surface area (Å²) in [6, 6.07) is 3.78. The Morgan fingerprint density at radius 2 is 2.33 bits per heavy atom. The third-order valence-corrected chi connectivity index (χ3v) is 3.36. The predicted molar refractivity (Wildman–Crippen MR) is 70.1 cm³/mol. The van der Waals surface area contributed by atoms with Gasteiger partial charge in [-0.25, -0.2) is 0 Å². The molecule has 0 bridgehead atoms. The molecule has 1 atom stereocenters. The molecule has 2 rings (SSSR count). The standard InChI is InChI=1S/C13H20N4O/c1-10-9-16(2)5-6-17(10)13(18)11-3-4-15-12(7-11)8-14/h3-4,7,10H,5-6,8-9,14H2,1-2H3. The molecule has 1 aromatic heterocycles. The van der Waals surface area contributed by atoms with Crippen LogP contribution in [0.5, 0.6) is 0 Å². The van der Waals surface area contributed by atoms with Crippen LogP contribution >= 0.6 is 0 Å². The first-order valence-electron chi connectivity index (χ1n) is 6.26. The molecule has 5 nitrogen and oxygen atoms in total. The van der Waals surface area contributed by atoms with E-state index in [0.717, 1.165) is 25.3 Å². The highest BCUT2D eigenvalue weighted by molar-refractivity contribution is 5.94. The van der Waals surface area contributed by atoms with Crippen LogP contribution in [0, 0.1) is 0 Å². The lowest BCUT2D eigenvalue weighted by Gasteiger charge is -2.38. The number of amides is 1. The second kappa shape index (κ2) is 5.46. The minimum Gasteiger partial charge on any atom is -0.333 e. The largest absolute Gasteiger partial charge is 0.333 e. The van der Waals surface area contributed by atoms with Crippen molar-refractivity contribution in [3.8, 4) is 0 Å². The van der Waals surface area contributed by atoms with Crippen molar-refractivity contribution in [3.63, 3.8) is 0 Å². The summed E-state index contributed by atoms with van der Waals surface area (Å²) in [6.07, 6.45) is 1.65. The molecule has 1 aromatic rings. The van der Waals surface area contributed by atoms with E-state index in [9.17, 15) is 4.79 Å². The van der Waals surface area contributed by atoms with Gasteiger partial charge in [-0.15, -0.1) is 0 Å². The highest BCUT2D eigenvalue weighted by atomic mass is 16.2. The Labute approximate surface area is 108 Å². The normalized spacial score (nSPS) is 21.1. The van der Waals surface area contributed by atoms with Crippen LogP contribution in [-0.4, -0.2) is 53.4 Å². The van der Waals surface area contributed by atoms with Crippen LogP contribution < -0.4 is 5.73 Å². The van der Waals surface area contributed by atoms with Gasteiger partial charge in [-0.2, -0.15) is 0 Å². The zero-order valence-corrected chi connectivity index (χ0v) is 11.0. The van der Waals surface area contributed by atoms with Crippen LogP contribution in [0.4, 0.5) is 0 Å². The maximum atomic E-state index is 12.4. The highest BCUT2D eigenvalue weighted by Crippen LogP contribution is 2.13. The van der Waals surface area contributed by atoms with Crippen LogP contribution in [-0.2, 0) is 6.54 Å². The molecule has 1 fully saturated rings. The minimum absolute atomic E-state index is 0.0766. The third kappa shape index (κ3) is 2.68. The average Bonchev–Trinajstić information content (AvgIpc) is 2.38. The van der Waals surface area contributed by atoms with Crippen molar-refractivity contribution in [1.29, 1.82) is 0 Å². The van der Waals surface area contributed by atoms with Crippen molar-refractivity contribution in [2.45, 2.75) is 19.5 Å². The lowest BCUT2D eigenvalue weighted by molar-refractivity contribution is 0.0533. The molecule has 2 heterocycles. The van der Waals surface area contributed by atoms with Gasteiger partial charge in [-0.3, -0.25) is 9.78 Å². The zero-order chi connectivity index (χ0) is 13.1. The quantitative estimate of drug-likeness (QED) is 0.818. The molecule has 1 amide bonds. The number of likely N-dealkylation sites (N-methyl/N-ethyl adjacent to an activating group) is 1. The summed E-state index contributed by atoms with van der Waals surface area (Å²) in [4.78, 5) is 20.7. The van der Waals surface area contributed by atoms with Gasteiger partial charge in [0.25, 0.3) is 5.91 Å². The molecule has 0 saturated carbocycles. The second-order valence-corrected chi connectivity index (χ2v) is 4.85. The molecule has 0 radical (unpaired) electrons. The van der Waals surface area contributed by atoms with Crippen molar-refractivity contribution in [3.05, 3.63) is 29.6 Å². The van der Waals surface area contributed by atoms with Gasteiger partial charge in [-0.1, -0.05) is 0 Å². The number of carbonyl (C=O) groups is 1. The Morgan fingerprint density at radius 3 is 3.00 bits per heavy atom. The van der Waals surface area contributed by atoms with E-state index in [4.69, 9.17) is 5.73 Å². The molecule has 1 saturated heterocycles. The Bertz CT molecular complexity index is 435. The number of aromatic nitrogens is 1. The molecule has 0 aromatic carbocycles.